The monoisotopic (exact) mass is 337 g/mol. The number of benzene rings is 2. The fraction of sp³-hybridized carbons (Fsp3) is 0.158. The maximum absolute atomic E-state index is 6.23. The average molecular weight is 337 g/mol. The number of rotatable bonds is 6. The smallest absolute Gasteiger partial charge is 0.246 e. The first kappa shape index (κ1) is 16.6. The lowest BCUT2D eigenvalue weighted by Gasteiger charge is -2.12. The SMILES string of the molecule is CCOc1ccc(-c2ncnc(Oc3ccccc3OC)c2N)cc1. The van der Waals surface area contributed by atoms with Crippen LogP contribution >= 0.6 is 0 Å². The number of ether oxygens (including phenoxy) is 3. The molecular formula is C19H19N3O3. The van der Waals surface area contributed by atoms with Crippen molar-refractivity contribution in [3.8, 4) is 34.4 Å². The molecule has 6 nitrogen and oxygen atoms in total. The Labute approximate surface area is 146 Å². The van der Waals surface area contributed by atoms with Crippen molar-refractivity contribution < 1.29 is 14.2 Å². The van der Waals surface area contributed by atoms with Crippen LogP contribution in [0.2, 0.25) is 0 Å². The molecule has 0 aliphatic rings. The second kappa shape index (κ2) is 7.53. The summed E-state index contributed by atoms with van der Waals surface area (Å²) in [5, 5.41) is 0. The fourth-order valence-corrected chi connectivity index (χ4v) is 2.37. The molecule has 128 valence electrons. The van der Waals surface area contributed by atoms with Gasteiger partial charge >= 0.3 is 0 Å². The van der Waals surface area contributed by atoms with E-state index in [1.54, 1.807) is 19.2 Å². The number of nitrogens with zero attached hydrogens (tertiary/aromatic N) is 2. The quantitative estimate of drug-likeness (QED) is 0.734. The number of nitrogen functional groups attached to an aromatic ring is 1. The van der Waals surface area contributed by atoms with Gasteiger partial charge < -0.3 is 19.9 Å². The van der Waals surface area contributed by atoms with Crippen molar-refractivity contribution in [1.29, 1.82) is 0 Å². The molecule has 0 fully saturated rings. The molecular weight excluding hydrogens is 318 g/mol. The molecule has 0 unspecified atom stereocenters. The molecule has 1 aromatic heterocycles. The van der Waals surface area contributed by atoms with E-state index in [4.69, 9.17) is 19.9 Å². The lowest BCUT2D eigenvalue weighted by atomic mass is 10.1. The number of aromatic nitrogens is 2. The first-order valence-corrected chi connectivity index (χ1v) is 7.87. The third kappa shape index (κ3) is 3.63. The molecule has 6 heteroatoms. The summed E-state index contributed by atoms with van der Waals surface area (Å²) in [5.41, 5.74) is 8.04. The van der Waals surface area contributed by atoms with Crippen LogP contribution in [0.1, 0.15) is 6.92 Å². The van der Waals surface area contributed by atoms with Crippen molar-refractivity contribution in [2.75, 3.05) is 19.5 Å². The minimum absolute atomic E-state index is 0.281. The molecule has 0 aliphatic heterocycles. The highest BCUT2D eigenvalue weighted by atomic mass is 16.5. The highest BCUT2D eigenvalue weighted by molar-refractivity contribution is 5.76. The normalized spacial score (nSPS) is 10.3. The molecule has 25 heavy (non-hydrogen) atoms. The van der Waals surface area contributed by atoms with Crippen LogP contribution in [0.25, 0.3) is 11.3 Å². The minimum Gasteiger partial charge on any atom is -0.494 e. The van der Waals surface area contributed by atoms with Gasteiger partial charge in [-0.05, 0) is 43.3 Å². The summed E-state index contributed by atoms with van der Waals surface area (Å²) in [6, 6.07) is 14.9. The van der Waals surface area contributed by atoms with Crippen molar-refractivity contribution in [1.82, 2.24) is 9.97 Å². The zero-order chi connectivity index (χ0) is 17.6. The van der Waals surface area contributed by atoms with E-state index in [9.17, 15) is 0 Å². The molecule has 1 heterocycles. The number of hydrogen-bond acceptors (Lipinski definition) is 6. The standard InChI is InChI=1S/C19H19N3O3/c1-3-24-14-10-8-13(9-11-14)18-17(20)19(22-12-21-18)25-16-7-5-4-6-15(16)23-2/h4-12H,3,20H2,1-2H3. The zero-order valence-electron chi connectivity index (χ0n) is 14.1. The first-order valence-electron chi connectivity index (χ1n) is 7.87. The van der Waals surface area contributed by atoms with Gasteiger partial charge in [0.1, 0.15) is 23.5 Å². The van der Waals surface area contributed by atoms with Crippen LogP contribution in [0.3, 0.4) is 0 Å². The van der Waals surface area contributed by atoms with Gasteiger partial charge in [-0.25, -0.2) is 4.98 Å². The van der Waals surface area contributed by atoms with E-state index in [1.807, 2.05) is 43.3 Å². The van der Waals surface area contributed by atoms with Crippen molar-refractivity contribution >= 4 is 5.69 Å². The molecule has 0 saturated carbocycles. The maximum atomic E-state index is 6.23. The summed E-state index contributed by atoms with van der Waals surface area (Å²) in [7, 11) is 1.58. The summed E-state index contributed by atoms with van der Waals surface area (Å²) < 4.78 is 16.6. The van der Waals surface area contributed by atoms with Gasteiger partial charge in [0.15, 0.2) is 11.5 Å². The largest absolute Gasteiger partial charge is 0.494 e. The van der Waals surface area contributed by atoms with E-state index in [0.717, 1.165) is 11.3 Å². The molecule has 0 bridgehead atoms. The molecule has 3 rings (SSSR count). The van der Waals surface area contributed by atoms with Crippen LogP contribution in [0.5, 0.6) is 23.1 Å². The summed E-state index contributed by atoms with van der Waals surface area (Å²) in [5.74, 6) is 2.21. The van der Waals surface area contributed by atoms with Gasteiger partial charge in [0.25, 0.3) is 0 Å². The third-order valence-corrected chi connectivity index (χ3v) is 3.56. The lowest BCUT2D eigenvalue weighted by molar-refractivity contribution is 0.340. The summed E-state index contributed by atoms with van der Waals surface area (Å²) in [6.07, 6.45) is 1.42. The van der Waals surface area contributed by atoms with E-state index in [-0.39, 0.29) is 5.88 Å². The van der Waals surface area contributed by atoms with E-state index in [2.05, 4.69) is 9.97 Å². The second-order valence-corrected chi connectivity index (χ2v) is 5.15. The highest BCUT2D eigenvalue weighted by Gasteiger charge is 2.14. The molecule has 2 aromatic carbocycles. The Balaban J connectivity index is 1.92. The molecule has 0 saturated heterocycles. The van der Waals surface area contributed by atoms with Crippen LogP contribution < -0.4 is 19.9 Å². The molecule has 0 amide bonds. The average Bonchev–Trinajstić information content (AvgIpc) is 2.65. The van der Waals surface area contributed by atoms with Crippen LogP contribution in [-0.2, 0) is 0 Å². The van der Waals surface area contributed by atoms with Crippen LogP contribution in [-0.4, -0.2) is 23.7 Å². The molecule has 0 radical (unpaired) electrons. The van der Waals surface area contributed by atoms with Gasteiger partial charge in [-0.1, -0.05) is 12.1 Å². The van der Waals surface area contributed by atoms with E-state index >= 15 is 0 Å². The Bertz CT molecular complexity index is 851. The van der Waals surface area contributed by atoms with Crippen molar-refractivity contribution in [2.45, 2.75) is 6.92 Å². The Kier molecular flexibility index (Phi) is 4.99. The topological polar surface area (TPSA) is 79.5 Å². The predicted molar refractivity (Wildman–Crippen MR) is 96.1 cm³/mol. The number of hydrogen-bond donors (Lipinski definition) is 1. The minimum atomic E-state index is 0.281. The van der Waals surface area contributed by atoms with E-state index in [1.165, 1.54) is 6.33 Å². The van der Waals surface area contributed by atoms with Crippen LogP contribution in [0.4, 0.5) is 5.69 Å². The highest BCUT2D eigenvalue weighted by Crippen LogP contribution is 2.36. The van der Waals surface area contributed by atoms with E-state index in [0.29, 0.717) is 29.5 Å². The summed E-state index contributed by atoms with van der Waals surface area (Å²) in [6.45, 7) is 2.56. The Hall–Kier alpha value is -3.28. The van der Waals surface area contributed by atoms with Gasteiger partial charge in [0.05, 0.1) is 13.7 Å². The molecule has 0 spiro atoms. The van der Waals surface area contributed by atoms with Gasteiger partial charge in [0.2, 0.25) is 5.88 Å². The Morgan fingerprint density at radius 2 is 1.68 bits per heavy atom. The van der Waals surface area contributed by atoms with Crippen molar-refractivity contribution in [3.63, 3.8) is 0 Å². The second-order valence-electron chi connectivity index (χ2n) is 5.15. The number of anilines is 1. The van der Waals surface area contributed by atoms with Crippen LogP contribution in [0.15, 0.2) is 54.9 Å². The predicted octanol–water partition coefficient (Wildman–Crippen LogP) is 3.93. The van der Waals surface area contributed by atoms with E-state index < -0.39 is 0 Å². The first-order chi connectivity index (χ1) is 12.2. The molecule has 0 atom stereocenters. The van der Waals surface area contributed by atoms with Crippen molar-refractivity contribution in [3.05, 3.63) is 54.9 Å². The molecule has 0 aliphatic carbocycles. The number of para-hydroxylation sites is 2. The number of nitrogens with two attached hydrogens (primary N) is 1. The fourth-order valence-electron chi connectivity index (χ4n) is 2.37. The lowest BCUT2D eigenvalue weighted by Crippen LogP contribution is -2.01. The summed E-state index contributed by atoms with van der Waals surface area (Å²) >= 11 is 0. The maximum Gasteiger partial charge on any atom is 0.246 e. The molecule has 2 N–H and O–H groups in total. The third-order valence-electron chi connectivity index (χ3n) is 3.56. The van der Waals surface area contributed by atoms with Gasteiger partial charge in [-0.15, -0.1) is 0 Å². The Morgan fingerprint density at radius 3 is 2.36 bits per heavy atom. The number of methoxy groups -OCH3 is 1. The van der Waals surface area contributed by atoms with Crippen molar-refractivity contribution in [2.24, 2.45) is 0 Å². The van der Waals surface area contributed by atoms with Crippen LogP contribution in [0, 0.1) is 0 Å². The van der Waals surface area contributed by atoms with Gasteiger partial charge in [-0.3, -0.25) is 0 Å². The zero-order valence-corrected chi connectivity index (χ0v) is 14.1. The van der Waals surface area contributed by atoms with Gasteiger partial charge in [0, 0.05) is 5.56 Å². The summed E-state index contributed by atoms with van der Waals surface area (Å²) in [4.78, 5) is 8.42. The molecule has 3 aromatic rings. The Morgan fingerprint density at radius 1 is 0.960 bits per heavy atom. The van der Waals surface area contributed by atoms with Gasteiger partial charge in [-0.2, -0.15) is 4.98 Å².